The lowest BCUT2D eigenvalue weighted by atomic mass is 9.94. The highest BCUT2D eigenvalue weighted by atomic mass is 16.4. The van der Waals surface area contributed by atoms with Crippen molar-refractivity contribution >= 4 is 0 Å². The Morgan fingerprint density at radius 1 is 1.47 bits per heavy atom. The van der Waals surface area contributed by atoms with Crippen molar-refractivity contribution in [2.24, 2.45) is 11.7 Å². The van der Waals surface area contributed by atoms with Crippen LogP contribution in [0.4, 0.5) is 0 Å². The molecule has 0 aromatic carbocycles. The molecule has 1 aromatic heterocycles. The molecule has 4 nitrogen and oxygen atoms in total. The Labute approximate surface area is 116 Å². The second kappa shape index (κ2) is 6.53. The maximum atomic E-state index is 5.83. The Morgan fingerprint density at radius 3 is 2.95 bits per heavy atom. The van der Waals surface area contributed by atoms with Gasteiger partial charge in [0.15, 0.2) is 5.89 Å². The van der Waals surface area contributed by atoms with E-state index in [9.17, 15) is 0 Å². The average molecular weight is 265 g/mol. The van der Waals surface area contributed by atoms with Crippen LogP contribution in [-0.2, 0) is 6.42 Å². The quantitative estimate of drug-likeness (QED) is 0.888. The van der Waals surface area contributed by atoms with Gasteiger partial charge < -0.3 is 15.1 Å². The number of oxazole rings is 1. The molecule has 0 bridgehead atoms. The van der Waals surface area contributed by atoms with Crippen molar-refractivity contribution in [1.82, 2.24) is 9.88 Å². The van der Waals surface area contributed by atoms with Crippen LogP contribution in [0, 0.1) is 5.92 Å². The summed E-state index contributed by atoms with van der Waals surface area (Å²) in [5, 5.41) is 0. The zero-order valence-corrected chi connectivity index (χ0v) is 12.4. The van der Waals surface area contributed by atoms with E-state index in [1.165, 1.54) is 25.9 Å². The summed E-state index contributed by atoms with van der Waals surface area (Å²) in [5.41, 5.74) is 5.65. The van der Waals surface area contributed by atoms with E-state index in [1.807, 2.05) is 6.20 Å². The van der Waals surface area contributed by atoms with E-state index in [0.717, 1.165) is 18.1 Å². The predicted octanol–water partition coefficient (Wildman–Crippen LogP) is 2.40. The van der Waals surface area contributed by atoms with Crippen molar-refractivity contribution in [2.75, 3.05) is 19.6 Å². The third kappa shape index (κ3) is 3.80. The number of nitrogens with zero attached hydrogens (tertiary/aromatic N) is 2. The van der Waals surface area contributed by atoms with Crippen LogP contribution in [0.3, 0.4) is 0 Å². The molecule has 4 heteroatoms. The summed E-state index contributed by atoms with van der Waals surface area (Å²) in [5.74, 6) is 2.75. The summed E-state index contributed by atoms with van der Waals surface area (Å²) in [6, 6.07) is 0.639. The number of rotatable bonds is 5. The largest absolute Gasteiger partial charge is 0.445 e. The van der Waals surface area contributed by atoms with E-state index in [4.69, 9.17) is 10.2 Å². The lowest BCUT2D eigenvalue weighted by molar-refractivity contribution is 0.135. The van der Waals surface area contributed by atoms with Gasteiger partial charge in [0.1, 0.15) is 5.76 Å². The Hall–Kier alpha value is -0.870. The normalized spacial score (nSPS) is 22.9. The van der Waals surface area contributed by atoms with E-state index < -0.39 is 0 Å². The number of hydrogen-bond donors (Lipinski definition) is 1. The molecule has 2 rings (SSSR count). The van der Waals surface area contributed by atoms with Crippen molar-refractivity contribution in [2.45, 2.75) is 52.0 Å². The minimum absolute atomic E-state index is 0.264. The van der Waals surface area contributed by atoms with Crippen LogP contribution in [0.2, 0.25) is 0 Å². The van der Waals surface area contributed by atoms with Crippen LogP contribution in [0.25, 0.3) is 0 Å². The van der Waals surface area contributed by atoms with Gasteiger partial charge >= 0.3 is 0 Å². The standard InChI is InChI=1S/C15H27N3O/c1-11(2)18-6-4-5-13(10-18)7-15-17-9-14(19-15)12(3)8-16/h9,11-13H,4-8,10,16H2,1-3H3. The van der Waals surface area contributed by atoms with Gasteiger partial charge in [-0.3, -0.25) is 0 Å². The van der Waals surface area contributed by atoms with Crippen LogP contribution in [0.5, 0.6) is 0 Å². The Morgan fingerprint density at radius 2 is 2.26 bits per heavy atom. The molecule has 1 saturated heterocycles. The van der Waals surface area contributed by atoms with Crippen molar-refractivity contribution in [1.29, 1.82) is 0 Å². The summed E-state index contributed by atoms with van der Waals surface area (Å²) in [7, 11) is 0. The SMILES string of the molecule is CC(CN)c1cnc(CC2CCCN(C(C)C)C2)o1. The van der Waals surface area contributed by atoms with E-state index >= 15 is 0 Å². The first-order valence-electron chi connectivity index (χ1n) is 7.48. The van der Waals surface area contributed by atoms with Gasteiger partial charge in [-0.05, 0) is 39.2 Å². The average Bonchev–Trinajstić information content (AvgIpc) is 2.86. The molecular formula is C15H27N3O. The smallest absolute Gasteiger partial charge is 0.194 e. The van der Waals surface area contributed by atoms with Gasteiger partial charge in [-0.2, -0.15) is 0 Å². The summed E-state index contributed by atoms with van der Waals surface area (Å²) in [4.78, 5) is 6.96. The van der Waals surface area contributed by atoms with Crippen LogP contribution in [-0.4, -0.2) is 35.6 Å². The Kier molecular flexibility index (Phi) is 4.99. The van der Waals surface area contributed by atoms with E-state index in [2.05, 4.69) is 30.7 Å². The van der Waals surface area contributed by atoms with Gasteiger partial charge in [0, 0.05) is 31.5 Å². The molecule has 0 radical (unpaired) electrons. The van der Waals surface area contributed by atoms with E-state index in [1.54, 1.807) is 0 Å². The highest BCUT2D eigenvalue weighted by Crippen LogP contribution is 2.23. The maximum absolute atomic E-state index is 5.83. The molecule has 108 valence electrons. The highest BCUT2D eigenvalue weighted by Gasteiger charge is 2.23. The van der Waals surface area contributed by atoms with Crippen LogP contribution in [0.15, 0.2) is 10.6 Å². The second-order valence-electron chi connectivity index (χ2n) is 6.09. The zero-order valence-electron chi connectivity index (χ0n) is 12.4. The first kappa shape index (κ1) is 14.5. The molecule has 0 aliphatic carbocycles. The summed E-state index contributed by atoms with van der Waals surface area (Å²) in [6.45, 7) is 9.63. The van der Waals surface area contributed by atoms with Crippen LogP contribution < -0.4 is 5.73 Å². The number of nitrogens with two attached hydrogens (primary N) is 1. The fourth-order valence-corrected chi connectivity index (χ4v) is 2.74. The lowest BCUT2D eigenvalue weighted by Crippen LogP contribution is -2.40. The van der Waals surface area contributed by atoms with Crippen molar-refractivity contribution in [3.63, 3.8) is 0 Å². The van der Waals surface area contributed by atoms with Gasteiger partial charge in [-0.15, -0.1) is 0 Å². The second-order valence-corrected chi connectivity index (χ2v) is 6.09. The van der Waals surface area contributed by atoms with Crippen LogP contribution >= 0.6 is 0 Å². The van der Waals surface area contributed by atoms with Gasteiger partial charge in [0.05, 0.1) is 6.20 Å². The monoisotopic (exact) mass is 265 g/mol. The van der Waals surface area contributed by atoms with Gasteiger partial charge in [0.2, 0.25) is 0 Å². The van der Waals surface area contributed by atoms with Gasteiger partial charge in [0.25, 0.3) is 0 Å². The topological polar surface area (TPSA) is 55.3 Å². The number of hydrogen-bond acceptors (Lipinski definition) is 4. The Bertz CT molecular complexity index is 388. The molecule has 2 heterocycles. The Balaban J connectivity index is 1.91. The number of likely N-dealkylation sites (tertiary alicyclic amines) is 1. The van der Waals surface area contributed by atoms with Gasteiger partial charge in [-0.25, -0.2) is 4.98 Å². The molecule has 2 unspecified atom stereocenters. The number of piperidine rings is 1. The molecule has 0 amide bonds. The molecule has 1 aliphatic heterocycles. The summed E-state index contributed by atoms with van der Waals surface area (Å²) >= 11 is 0. The molecule has 2 atom stereocenters. The fourth-order valence-electron chi connectivity index (χ4n) is 2.74. The molecule has 2 N–H and O–H groups in total. The van der Waals surface area contributed by atoms with Crippen molar-refractivity contribution in [3.8, 4) is 0 Å². The molecule has 1 aromatic rings. The maximum Gasteiger partial charge on any atom is 0.194 e. The van der Waals surface area contributed by atoms with Gasteiger partial charge in [-0.1, -0.05) is 6.92 Å². The highest BCUT2D eigenvalue weighted by molar-refractivity contribution is 5.01. The van der Waals surface area contributed by atoms with E-state index in [-0.39, 0.29) is 5.92 Å². The van der Waals surface area contributed by atoms with Crippen molar-refractivity contribution < 1.29 is 4.42 Å². The number of aromatic nitrogens is 1. The minimum atomic E-state index is 0.264. The predicted molar refractivity (Wildman–Crippen MR) is 77.1 cm³/mol. The first-order chi connectivity index (χ1) is 9.10. The summed E-state index contributed by atoms with van der Waals surface area (Å²) in [6.07, 6.45) is 5.37. The first-order valence-corrected chi connectivity index (χ1v) is 7.48. The van der Waals surface area contributed by atoms with E-state index in [0.29, 0.717) is 18.5 Å². The summed E-state index contributed by atoms with van der Waals surface area (Å²) < 4.78 is 5.83. The fraction of sp³-hybridized carbons (Fsp3) is 0.800. The molecule has 0 saturated carbocycles. The lowest BCUT2D eigenvalue weighted by Gasteiger charge is -2.35. The van der Waals surface area contributed by atoms with Crippen LogP contribution in [0.1, 0.15) is 51.2 Å². The third-order valence-corrected chi connectivity index (χ3v) is 4.15. The van der Waals surface area contributed by atoms with Crippen molar-refractivity contribution in [3.05, 3.63) is 17.8 Å². The molecule has 19 heavy (non-hydrogen) atoms. The molecular weight excluding hydrogens is 238 g/mol. The molecule has 1 aliphatic rings. The third-order valence-electron chi connectivity index (χ3n) is 4.15. The molecule has 1 fully saturated rings. The molecule has 0 spiro atoms. The zero-order chi connectivity index (χ0) is 13.8. The minimum Gasteiger partial charge on any atom is -0.445 e.